The van der Waals surface area contributed by atoms with Crippen LogP contribution in [0.15, 0.2) is 48.5 Å². The Morgan fingerprint density at radius 2 is 1.83 bits per heavy atom. The van der Waals surface area contributed by atoms with E-state index in [0.29, 0.717) is 35.3 Å². The van der Waals surface area contributed by atoms with Gasteiger partial charge < -0.3 is 20.7 Å². The van der Waals surface area contributed by atoms with Crippen molar-refractivity contribution in [3.63, 3.8) is 0 Å². The van der Waals surface area contributed by atoms with Gasteiger partial charge in [-0.15, -0.1) is 0 Å². The number of hydrogen-bond acceptors (Lipinski definition) is 4. The normalized spacial score (nSPS) is 19.3. The van der Waals surface area contributed by atoms with E-state index in [0.717, 1.165) is 25.2 Å². The summed E-state index contributed by atoms with van der Waals surface area (Å²) in [5.74, 6) is 1.23. The van der Waals surface area contributed by atoms with Crippen molar-refractivity contribution in [2.45, 2.75) is 26.9 Å². The molecule has 1 fully saturated rings. The lowest BCUT2D eigenvalue weighted by molar-refractivity contribution is 0.0935. The Labute approximate surface area is 178 Å². The third-order valence-corrected chi connectivity index (χ3v) is 5.39. The fourth-order valence-corrected chi connectivity index (χ4v) is 4.16. The highest BCUT2D eigenvalue weighted by Gasteiger charge is 2.21. The van der Waals surface area contributed by atoms with Crippen LogP contribution in [0.3, 0.4) is 0 Å². The van der Waals surface area contributed by atoms with Crippen molar-refractivity contribution in [2.75, 3.05) is 26.2 Å². The van der Waals surface area contributed by atoms with E-state index in [-0.39, 0.29) is 12.5 Å². The van der Waals surface area contributed by atoms with Crippen LogP contribution in [0.4, 0.5) is 0 Å². The highest BCUT2D eigenvalue weighted by molar-refractivity contribution is 5.95. The molecule has 0 radical (unpaired) electrons. The van der Waals surface area contributed by atoms with Crippen LogP contribution in [-0.2, 0) is 6.61 Å². The molecule has 3 rings (SSSR count). The predicted octanol–water partition coefficient (Wildman–Crippen LogP) is 3.07. The van der Waals surface area contributed by atoms with Crippen LogP contribution in [0.2, 0.25) is 0 Å². The zero-order valence-corrected chi connectivity index (χ0v) is 17.8. The molecule has 2 aromatic carbocycles. The van der Waals surface area contributed by atoms with E-state index in [2.05, 4.69) is 24.1 Å². The maximum absolute atomic E-state index is 12.6. The van der Waals surface area contributed by atoms with E-state index >= 15 is 0 Å². The summed E-state index contributed by atoms with van der Waals surface area (Å²) >= 11 is 0. The van der Waals surface area contributed by atoms with Crippen molar-refractivity contribution in [2.24, 2.45) is 17.6 Å². The number of amides is 2. The molecule has 0 spiro atoms. The zero-order chi connectivity index (χ0) is 21.5. The van der Waals surface area contributed by atoms with Gasteiger partial charge in [0, 0.05) is 31.7 Å². The van der Waals surface area contributed by atoms with E-state index in [1.165, 1.54) is 6.42 Å². The summed E-state index contributed by atoms with van der Waals surface area (Å²) in [6.45, 7) is 8.51. The molecular formula is C24H31N3O3. The maximum Gasteiger partial charge on any atom is 0.252 e. The summed E-state index contributed by atoms with van der Waals surface area (Å²) in [4.78, 5) is 26.5. The second-order valence-electron chi connectivity index (χ2n) is 8.31. The lowest BCUT2D eigenvalue weighted by atomic mass is 9.92. The topological polar surface area (TPSA) is 84.7 Å². The lowest BCUT2D eigenvalue weighted by Crippen LogP contribution is -2.42. The van der Waals surface area contributed by atoms with Gasteiger partial charge in [0.05, 0.1) is 5.56 Å². The number of ether oxygens (including phenoxy) is 1. The summed E-state index contributed by atoms with van der Waals surface area (Å²) in [5, 5.41) is 3.02. The average molecular weight is 410 g/mol. The van der Waals surface area contributed by atoms with Crippen LogP contribution in [0.1, 0.15) is 46.5 Å². The van der Waals surface area contributed by atoms with Crippen molar-refractivity contribution in [3.8, 4) is 5.75 Å². The third kappa shape index (κ3) is 6.07. The molecule has 30 heavy (non-hydrogen) atoms. The van der Waals surface area contributed by atoms with Crippen LogP contribution in [-0.4, -0.2) is 42.9 Å². The van der Waals surface area contributed by atoms with Crippen molar-refractivity contribution in [1.29, 1.82) is 0 Å². The van der Waals surface area contributed by atoms with Crippen molar-refractivity contribution in [3.05, 3.63) is 65.2 Å². The molecule has 0 aromatic heterocycles. The number of para-hydroxylation sites is 1. The summed E-state index contributed by atoms with van der Waals surface area (Å²) in [6.07, 6.45) is 1.28. The molecule has 0 saturated carbocycles. The summed E-state index contributed by atoms with van der Waals surface area (Å²) in [7, 11) is 0. The number of nitrogens with one attached hydrogen (secondary N) is 1. The molecule has 1 saturated heterocycles. The molecule has 2 amide bonds. The van der Waals surface area contributed by atoms with Crippen LogP contribution in [0.5, 0.6) is 5.75 Å². The van der Waals surface area contributed by atoms with Gasteiger partial charge in [0.25, 0.3) is 11.8 Å². The van der Waals surface area contributed by atoms with Gasteiger partial charge in [-0.25, -0.2) is 0 Å². The van der Waals surface area contributed by atoms with Gasteiger partial charge in [-0.1, -0.05) is 38.1 Å². The van der Waals surface area contributed by atoms with Gasteiger partial charge in [-0.05, 0) is 48.1 Å². The Kier molecular flexibility index (Phi) is 7.46. The third-order valence-electron chi connectivity index (χ3n) is 5.39. The Hall–Kier alpha value is -2.86. The molecule has 160 valence electrons. The SMILES string of the molecule is CC1CC(C)CN(CCNC(=O)c2cccc(COc3ccccc3C(N)=O)c2)C1. The number of piperidine rings is 1. The molecule has 6 heteroatoms. The van der Waals surface area contributed by atoms with Gasteiger partial charge in [-0.3, -0.25) is 9.59 Å². The first-order valence-electron chi connectivity index (χ1n) is 10.5. The van der Waals surface area contributed by atoms with Crippen LogP contribution < -0.4 is 15.8 Å². The molecule has 1 heterocycles. The van der Waals surface area contributed by atoms with E-state index in [1.807, 2.05) is 18.2 Å². The molecule has 1 aliphatic rings. The first kappa shape index (κ1) is 21.8. The number of hydrogen-bond donors (Lipinski definition) is 2. The Balaban J connectivity index is 1.52. The first-order valence-corrected chi connectivity index (χ1v) is 10.5. The quantitative estimate of drug-likeness (QED) is 0.702. The largest absolute Gasteiger partial charge is 0.488 e. The van der Waals surface area contributed by atoms with Crippen molar-refractivity contribution < 1.29 is 14.3 Å². The molecule has 0 bridgehead atoms. The summed E-state index contributed by atoms with van der Waals surface area (Å²) in [6, 6.07) is 14.2. The fraction of sp³-hybridized carbons (Fsp3) is 0.417. The van der Waals surface area contributed by atoms with Crippen molar-refractivity contribution in [1.82, 2.24) is 10.2 Å². The molecular weight excluding hydrogens is 378 g/mol. The Bertz CT molecular complexity index is 874. The lowest BCUT2D eigenvalue weighted by Gasteiger charge is -2.34. The number of likely N-dealkylation sites (tertiary alicyclic amines) is 1. The van der Waals surface area contributed by atoms with E-state index in [4.69, 9.17) is 10.5 Å². The predicted molar refractivity (Wildman–Crippen MR) is 117 cm³/mol. The van der Waals surface area contributed by atoms with Gasteiger partial charge in [0.2, 0.25) is 0 Å². The highest BCUT2D eigenvalue weighted by atomic mass is 16.5. The molecule has 0 aliphatic carbocycles. The van der Waals surface area contributed by atoms with Gasteiger partial charge in [-0.2, -0.15) is 0 Å². The van der Waals surface area contributed by atoms with E-state index in [1.54, 1.807) is 30.3 Å². The number of benzene rings is 2. The minimum atomic E-state index is -0.531. The van der Waals surface area contributed by atoms with Gasteiger partial charge >= 0.3 is 0 Å². The van der Waals surface area contributed by atoms with E-state index < -0.39 is 5.91 Å². The monoisotopic (exact) mass is 409 g/mol. The molecule has 2 atom stereocenters. The van der Waals surface area contributed by atoms with Gasteiger partial charge in [0.1, 0.15) is 12.4 Å². The summed E-state index contributed by atoms with van der Waals surface area (Å²) < 4.78 is 5.76. The first-order chi connectivity index (χ1) is 14.4. The average Bonchev–Trinajstić information content (AvgIpc) is 2.72. The van der Waals surface area contributed by atoms with E-state index in [9.17, 15) is 9.59 Å². The molecule has 3 N–H and O–H groups in total. The van der Waals surface area contributed by atoms with Crippen LogP contribution in [0.25, 0.3) is 0 Å². The Morgan fingerprint density at radius 3 is 2.57 bits per heavy atom. The molecule has 6 nitrogen and oxygen atoms in total. The van der Waals surface area contributed by atoms with Gasteiger partial charge in [0.15, 0.2) is 0 Å². The molecule has 1 aliphatic heterocycles. The van der Waals surface area contributed by atoms with Crippen LogP contribution in [0, 0.1) is 11.8 Å². The maximum atomic E-state index is 12.6. The second kappa shape index (κ2) is 10.3. The number of primary amides is 1. The number of nitrogens with zero attached hydrogens (tertiary/aromatic N) is 1. The molecule has 2 unspecified atom stereocenters. The zero-order valence-electron chi connectivity index (χ0n) is 17.8. The fourth-order valence-electron chi connectivity index (χ4n) is 4.16. The summed E-state index contributed by atoms with van der Waals surface area (Å²) in [5.41, 5.74) is 7.17. The molecule has 2 aromatic rings. The number of carbonyl (C=O) groups excluding carboxylic acids is 2. The van der Waals surface area contributed by atoms with Crippen molar-refractivity contribution >= 4 is 11.8 Å². The minimum Gasteiger partial charge on any atom is -0.488 e. The minimum absolute atomic E-state index is 0.0903. The second-order valence-corrected chi connectivity index (χ2v) is 8.31. The number of carbonyl (C=O) groups is 2. The highest BCUT2D eigenvalue weighted by Crippen LogP contribution is 2.21. The van der Waals surface area contributed by atoms with Crippen LogP contribution >= 0.6 is 0 Å². The smallest absolute Gasteiger partial charge is 0.252 e. The standard InChI is InChI=1S/C24H31N3O3/c1-17-12-18(2)15-27(14-17)11-10-26-24(29)20-7-5-6-19(13-20)16-30-22-9-4-3-8-21(22)23(25)28/h3-9,13,17-18H,10-12,14-16H2,1-2H3,(H2,25,28)(H,26,29). The Morgan fingerprint density at radius 1 is 1.10 bits per heavy atom. The number of nitrogens with two attached hydrogens (primary N) is 1. The number of rotatable bonds is 8.